The fourth-order valence-corrected chi connectivity index (χ4v) is 3.13. The molecule has 2 amide bonds. The average molecular weight is 541 g/mol. The molecule has 0 saturated heterocycles. The number of hydrazine groups is 1. The Morgan fingerprint density at radius 2 is 1.81 bits per heavy atom. The molecule has 1 atom stereocenters. The van der Waals surface area contributed by atoms with Gasteiger partial charge in [-0.3, -0.25) is 19.7 Å². The molecule has 1 aromatic carbocycles. The molecular weight excluding hydrogens is 519 g/mol. The quantitative estimate of drug-likeness (QED) is 0.281. The number of nitrogens with one attached hydrogen (secondary N) is 3. The number of halogens is 2. The number of imide groups is 1. The predicted molar refractivity (Wildman–Crippen MR) is 128 cm³/mol. The highest BCUT2D eigenvalue weighted by Gasteiger charge is 2.21. The summed E-state index contributed by atoms with van der Waals surface area (Å²) in [5.74, 6) is -2.69. The Morgan fingerprint density at radius 1 is 1.14 bits per heavy atom. The number of ether oxygens (including phenoxy) is 3. The van der Waals surface area contributed by atoms with Gasteiger partial charge in [-0.2, -0.15) is 5.26 Å². The first-order valence-electron chi connectivity index (χ1n) is 10.4. The third kappa shape index (κ3) is 8.42. The van der Waals surface area contributed by atoms with Crippen molar-refractivity contribution in [3.05, 3.63) is 44.7 Å². The molecule has 0 fully saturated rings. The lowest BCUT2D eigenvalue weighted by Gasteiger charge is -2.15. The summed E-state index contributed by atoms with van der Waals surface area (Å²) in [6.07, 6.45) is -0.948. The molecule has 1 heterocycles. The summed E-state index contributed by atoms with van der Waals surface area (Å²) in [6, 6.07) is 7.08. The van der Waals surface area contributed by atoms with Crippen LogP contribution in [0.3, 0.4) is 0 Å². The van der Waals surface area contributed by atoms with Crippen LogP contribution in [0.5, 0.6) is 11.6 Å². The predicted octanol–water partition coefficient (Wildman–Crippen LogP) is 2.23. The molecule has 36 heavy (non-hydrogen) atoms. The number of esters is 1. The second kappa shape index (κ2) is 13.9. The van der Waals surface area contributed by atoms with E-state index < -0.39 is 36.0 Å². The van der Waals surface area contributed by atoms with E-state index in [1.807, 2.05) is 5.32 Å². The Kier molecular flexibility index (Phi) is 10.9. The van der Waals surface area contributed by atoms with Crippen molar-refractivity contribution in [2.75, 3.05) is 25.2 Å². The first kappa shape index (κ1) is 28.4. The number of aromatic nitrogens is 2. The number of amides is 2. The van der Waals surface area contributed by atoms with E-state index in [9.17, 15) is 24.4 Å². The maximum absolute atomic E-state index is 12.0. The summed E-state index contributed by atoms with van der Waals surface area (Å²) >= 11 is 12.5. The minimum Gasteiger partial charge on any atom is -0.465 e. The van der Waals surface area contributed by atoms with E-state index in [-0.39, 0.29) is 41.4 Å². The number of carbonyl (C=O) groups excluding carboxylic acids is 3. The minimum atomic E-state index is -1.20. The summed E-state index contributed by atoms with van der Waals surface area (Å²) in [5, 5.41) is 15.2. The molecule has 15 heteroatoms. The fourth-order valence-electron chi connectivity index (χ4n) is 2.57. The first-order chi connectivity index (χ1) is 17.2. The molecule has 0 aliphatic carbocycles. The van der Waals surface area contributed by atoms with Crippen LogP contribution in [0.25, 0.3) is 0 Å². The molecule has 2 rings (SSSR count). The number of carbonyl (C=O) groups is 3. The summed E-state index contributed by atoms with van der Waals surface area (Å²) in [5.41, 5.74) is 5.22. The van der Waals surface area contributed by atoms with Gasteiger partial charge in [0.2, 0.25) is 11.8 Å². The van der Waals surface area contributed by atoms with Gasteiger partial charge in [0.1, 0.15) is 12.5 Å². The molecular formula is C21H22Cl2N6O7. The van der Waals surface area contributed by atoms with E-state index in [0.29, 0.717) is 5.69 Å². The Labute approximate surface area is 215 Å². The van der Waals surface area contributed by atoms with Crippen molar-refractivity contribution in [2.24, 2.45) is 5.92 Å². The molecule has 13 nitrogen and oxygen atoms in total. The normalized spacial score (nSPS) is 11.1. The van der Waals surface area contributed by atoms with E-state index >= 15 is 0 Å². The summed E-state index contributed by atoms with van der Waals surface area (Å²) in [6.45, 7) is 2.87. The van der Waals surface area contributed by atoms with E-state index in [1.165, 1.54) is 18.2 Å². The van der Waals surface area contributed by atoms with Crippen molar-refractivity contribution >= 4 is 46.9 Å². The monoisotopic (exact) mass is 540 g/mol. The average Bonchev–Trinajstić information content (AvgIpc) is 2.81. The van der Waals surface area contributed by atoms with Gasteiger partial charge in [0.05, 0.1) is 35.0 Å². The molecule has 1 aromatic heterocycles. The largest absolute Gasteiger partial charge is 0.465 e. The van der Waals surface area contributed by atoms with E-state index in [1.54, 1.807) is 19.9 Å². The maximum atomic E-state index is 12.0. The van der Waals surface area contributed by atoms with Crippen molar-refractivity contribution in [1.82, 2.24) is 20.5 Å². The summed E-state index contributed by atoms with van der Waals surface area (Å²) in [4.78, 5) is 46.9. The van der Waals surface area contributed by atoms with Crippen LogP contribution in [0.4, 0.5) is 10.5 Å². The highest BCUT2D eigenvalue weighted by atomic mass is 35.5. The highest BCUT2D eigenvalue weighted by Crippen LogP contribution is 2.38. The Bertz CT molecular complexity index is 1190. The lowest BCUT2D eigenvalue weighted by atomic mass is 10.1. The van der Waals surface area contributed by atoms with Crippen LogP contribution in [0.2, 0.25) is 10.0 Å². The third-order valence-corrected chi connectivity index (χ3v) is 4.70. The minimum absolute atomic E-state index is 0.0291. The van der Waals surface area contributed by atoms with Gasteiger partial charge in [-0.1, -0.05) is 23.2 Å². The maximum Gasteiger partial charge on any atom is 0.413 e. The molecule has 0 radical (unpaired) electrons. The number of hydrogen-bond acceptors (Lipinski definition) is 11. The van der Waals surface area contributed by atoms with Gasteiger partial charge in [0.15, 0.2) is 5.75 Å². The third-order valence-electron chi connectivity index (χ3n) is 4.14. The Balaban J connectivity index is 2.04. The van der Waals surface area contributed by atoms with Crippen LogP contribution in [0.15, 0.2) is 29.1 Å². The molecule has 3 N–H and O–H groups in total. The lowest BCUT2D eigenvalue weighted by molar-refractivity contribution is -0.144. The number of nitriles is 1. The van der Waals surface area contributed by atoms with Crippen LogP contribution in [-0.4, -0.2) is 47.5 Å². The number of anilines is 1. The molecule has 192 valence electrons. The molecule has 2 aromatic rings. The second-order valence-electron chi connectivity index (χ2n) is 6.74. The Morgan fingerprint density at radius 3 is 2.42 bits per heavy atom. The number of hydrogen-bond donors (Lipinski definition) is 3. The zero-order valence-electron chi connectivity index (χ0n) is 19.2. The van der Waals surface area contributed by atoms with E-state index in [0.717, 1.165) is 10.7 Å². The van der Waals surface area contributed by atoms with Crippen LogP contribution in [-0.2, 0) is 25.6 Å². The summed E-state index contributed by atoms with van der Waals surface area (Å²) in [7, 11) is 0. The number of benzene rings is 1. The van der Waals surface area contributed by atoms with E-state index in [4.69, 9.17) is 32.7 Å². The molecule has 0 bridgehead atoms. The molecule has 0 aliphatic rings. The van der Waals surface area contributed by atoms with Crippen LogP contribution >= 0.6 is 23.2 Å². The Hall–Kier alpha value is -3.86. The van der Waals surface area contributed by atoms with Gasteiger partial charge in [-0.05, 0) is 26.0 Å². The molecule has 0 aliphatic heterocycles. The van der Waals surface area contributed by atoms with Crippen LogP contribution in [0.1, 0.15) is 13.8 Å². The van der Waals surface area contributed by atoms with Crippen molar-refractivity contribution in [3.8, 4) is 17.7 Å². The summed E-state index contributed by atoms with van der Waals surface area (Å²) < 4.78 is 15.9. The van der Waals surface area contributed by atoms with Gasteiger partial charge in [0, 0.05) is 18.7 Å². The van der Waals surface area contributed by atoms with Gasteiger partial charge < -0.3 is 19.6 Å². The van der Waals surface area contributed by atoms with Gasteiger partial charge in [-0.25, -0.2) is 14.9 Å². The zero-order valence-corrected chi connectivity index (χ0v) is 20.7. The molecule has 0 saturated carbocycles. The molecule has 0 spiro atoms. The van der Waals surface area contributed by atoms with Gasteiger partial charge >= 0.3 is 12.1 Å². The number of rotatable bonds is 11. The topological polar surface area (TPSA) is 174 Å². The van der Waals surface area contributed by atoms with E-state index in [2.05, 4.69) is 20.7 Å². The SMILES string of the molecule is CCOC(=O)Cn1nc(Oc2c(Cl)cc(NNCC(C#N)C(=O)NC(=O)OCC)cc2Cl)ccc1=O. The van der Waals surface area contributed by atoms with Crippen LogP contribution in [0, 0.1) is 17.2 Å². The van der Waals surface area contributed by atoms with Crippen molar-refractivity contribution < 1.29 is 28.6 Å². The van der Waals surface area contributed by atoms with Crippen molar-refractivity contribution in [1.29, 1.82) is 5.26 Å². The first-order valence-corrected chi connectivity index (χ1v) is 11.2. The van der Waals surface area contributed by atoms with Crippen molar-refractivity contribution in [3.63, 3.8) is 0 Å². The smallest absolute Gasteiger partial charge is 0.413 e. The van der Waals surface area contributed by atoms with Crippen LogP contribution < -0.4 is 26.5 Å². The second-order valence-corrected chi connectivity index (χ2v) is 7.56. The van der Waals surface area contributed by atoms with Gasteiger partial charge in [0.25, 0.3) is 5.56 Å². The van der Waals surface area contributed by atoms with Crippen molar-refractivity contribution in [2.45, 2.75) is 20.4 Å². The fraction of sp³-hybridized carbons (Fsp3) is 0.333. The standard InChI is InChI=1S/C21H22Cl2N6O7/c1-3-34-18(31)11-29-17(30)6-5-16(28-29)36-19-14(22)7-13(8-15(19)23)27-25-10-12(9-24)20(32)26-21(33)35-4-2/h5-8,12,25,27H,3-4,10-11H2,1-2H3,(H,26,32,33). The highest BCUT2D eigenvalue weighted by molar-refractivity contribution is 6.37. The number of alkyl carbamates (subject to hydrolysis) is 1. The van der Waals surface area contributed by atoms with Gasteiger partial charge in [-0.15, -0.1) is 5.10 Å². The lowest BCUT2D eigenvalue weighted by Crippen LogP contribution is -2.40. The molecule has 1 unspecified atom stereocenters. The number of nitrogens with zero attached hydrogens (tertiary/aromatic N) is 3. The zero-order chi connectivity index (χ0) is 26.7.